The van der Waals surface area contributed by atoms with Gasteiger partial charge in [0.15, 0.2) is 4.80 Å². The molecule has 0 spiro atoms. The Morgan fingerprint density at radius 1 is 1.10 bits per heavy atom. The summed E-state index contributed by atoms with van der Waals surface area (Å²) in [5.41, 5.74) is 2.55. The van der Waals surface area contributed by atoms with Crippen molar-refractivity contribution in [3.05, 3.63) is 108 Å². The van der Waals surface area contributed by atoms with Crippen LogP contribution in [0.25, 0.3) is 16.8 Å². The molecule has 1 atom stereocenters. The van der Waals surface area contributed by atoms with Gasteiger partial charge in [-0.05, 0) is 75.2 Å². The van der Waals surface area contributed by atoms with Crippen molar-refractivity contribution in [3.63, 3.8) is 0 Å². The summed E-state index contributed by atoms with van der Waals surface area (Å²) in [6.45, 7) is 10.8. The second kappa shape index (κ2) is 11.4. The number of carbonyl (C=O) groups excluding carboxylic acids is 1. The van der Waals surface area contributed by atoms with Crippen molar-refractivity contribution in [2.75, 3.05) is 13.1 Å². The summed E-state index contributed by atoms with van der Waals surface area (Å²) in [5, 5.41) is 2.64. The van der Waals surface area contributed by atoms with Crippen LogP contribution in [0.4, 0.5) is 0 Å². The predicted molar refractivity (Wildman–Crippen MR) is 163 cm³/mol. The zero-order chi connectivity index (χ0) is 28.6. The minimum absolute atomic E-state index is 0.0317. The fourth-order valence-electron chi connectivity index (χ4n) is 5.15. The standard InChI is InChI=1S/C32H32ClN3O3S/c1-6-35(7-2)31(38)28-20(5)34-32-36(29(28)22-12-15-23(33)16-13-22)30(37)27(40-32)18-25-24-11-9-8-10-21(24)14-17-26(25)39-19(3)4/h8-19,29H,6-7H2,1-5H3/b27-18+/t29-/m1/s1. The van der Waals surface area contributed by atoms with Crippen molar-refractivity contribution in [2.24, 2.45) is 4.99 Å². The molecule has 206 valence electrons. The van der Waals surface area contributed by atoms with E-state index in [1.807, 2.05) is 89.2 Å². The van der Waals surface area contributed by atoms with E-state index in [1.54, 1.807) is 21.6 Å². The maximum Gasteiger partial charge on any atom is 0.271 e. The van der Waals surface area contributed by atoms with E-state index in [9.17, 15) is 9.59 Å². The number of amides is 1. The van der Waals surface area contributed by atoms with Crippen LogP contribution in [0, 0.1) is 0 Å². The molecule has 0 saturated heterocycles. The number of hydrogen-bond acceptors (Lipinski definition) is 5. The largest absolute Gasteiger partial charge is 0.490 e. The van der Waals surface area contributed by atoms with E-state index in [0.717, 1.165) is 21.9 Å². The molecule has 0 aliphatic carbocycles. The molecular formula is C32H32ClN3O3S. The first-order chi connectivity index (χ1) is 19.2. The van der Waals surface area contributed by atoms with Crippen LogP contribution < -0.4 is 19.6 Å². The number of rotatable bonds is 7. The lowest BCUT2D eigenvalue weighted by Gasteiger charge is -2.29. The second-order valence-electron chi connectivity index (χ2n) is 9.98. The van der Waals surface area contributed by atoms with E-state index in [-0.39, 0.29) is 17.6 Å². The fraction of sp³-hybridized carbons (Fsp3) is 0.281. The van der Waals surface area contributed by atoms with Crippen molar-refractivity contribution < 1.29 is 9.53 Å². The fourth-order valence-corrected chi connectivity index (χ4v) is 6.30. The Labute approximate surface area is 242 Å². The molecule has 0 radical (unpaired) electrons. The van der Waals surface area contributed by atoms with Crippen LogP contribution in [-0.2, 0) is 4.79 Å². The van der Waals surface area contributed by atoms with Gasteiger partial charge in [0.2, 0.25) is 0 Å². The van der Waals surface area contributed by atoms with E-state index in [0.29, 0.717) is 44.5 Å². The molecule has 40 heavy (non-hydrogen) atoms. The minimum atomic E-state index is -0.623. The number of ether oxygens (including phenoxy) is 1. The molecule has 3 aromatic carbocycles. The van der Waals surface area contributed by atoms with Crippen LogP contribution in [0.5, 0.6) is 5.75 Å². The topological polar surface area (TPSA) is 63.9 Å². The molecular weight excluding hydrogens is 542 g/mol. The lowest BCUT2D eigenvalue weighted by molar-refractivity contribution is -0.127. The lowest BCUT2D eigenvalue weighted by Crippen LogP contribution is -2.43. The molecule has 0 saturated carbocycles. The molecule has 0 bridgehead atoms. The number of aromatic nitrogens is 1. The van der Waals surface area contributed by atoms with Gasteiger partial charge in [-0.25, -0.2) is 4.99 Å². The third kappa shape index (κ3) is 5.11. The van der Waals surface area contributed by atoms with Gasteiger partial charge in [-0.2, -0.15) is 0 Å². The van der Waals surface area contributed by atoms with Gasteiger partial charge in [-0.15, -0.1) is 0 Å². The molecule has 1 aliphatic rings. The molecule has 1 aromatic heterocycles. The number of thiazole rings is 1. The molecule has 8 heteroatoms. The SMILES string of the molecule is CCN(CC)C(=O)C1=C(C)N=c2s/c(=C/c3c(OC(C)C)ccc4ccccc34)c(=O)n2[C@@H]1c1ccc(Cl)cc1. The first-order valence-electron chi connectivity index (χ1n) is 13.5. The van der Waals surface area contributed by atoms with Crippen molar-refractivity contribution in [3.8, 4) is 5.75 Å². The molecule has 0 fully saturated rings. The van der Waals surface area contributed by atoms with Gasteiger partial charge in [0.1, 0.15) is 5.75 Å². The number of carbonyl (C=O) groups is 1. The van der Waals surface area contributed by atoms with E-state index >= 15 is 0 Å². The molecule has 0 N–H and O–H groups in total. The zero-order valence-electron chi connectivity index (χ0n) is 23.3. The van der Waals surface area contributed by atoms with Gasteiger partial charge in [0.25, 0.3) is 11.5 Å². The van der Waals surface area contributed by atoms with Gasteiger partial charge in [-0.1, -0.05) is 65.4 Å². The lowest BCUT2D eigenvalue weighted by atomic mass is 9.94. The summed E-state index contributed by atoms with van der Waals surface area (Å²) in [6.07, 6.45) is 1.87. The first kappa shape index (κ1) is 27.9. The number of fused-ring (bicyclic) bond motifs is 2. The van der Waals surface area contributed by atoms with Crippen molar-refractivity contribution in [1.82, 2.24) is 9.47 Å². The van der Waals surface area contributed by atoms with Gasteiger partial charge < -0.3 is 9.64 Å². The molecule has 1 amide bonds. The highest BCUT2D eigenvalue weighted by Gasteiger charge is 2.34. The van der Waals surface area contributed by atoms with Gasteiger partial charge in [0.05, 0.1) is 27.9 Å². The zero-order valence-corrected chi connectivity index (χ0v) is 24.8. The Hall–Kier alpha value is -3.68. The van der Waals surface area contributed by atoms with E-state index < -0.39 is 6.04 Å². The molecule has 5 rings (SSSR count). The maximum absolute atomic E-state index is 14.2. The van der Waals surface area contributed by atoms with Gasteiger partial charge >= 0.3 is 0 Å². The quantitative estimate of drug-likeness (QED) is 0.285. The van der Waals surface area contributed by atoms with Crippen LogP contribution in [0.2, 0.25) is 5.02 Å². The van der Waals surface area contributed by atoms with Crippen molar-refractivity contribution in [2.45, 2.75) is 46.8 Å². The third-order valence-electron chi connectivity index (χ3n) is 7.06. The highest BCUT2D eigenvalue weighted by atomic mass is 35.5. The van der Waals surface area contributed by atoms with Crippen molar-refractivity contribution >= 4 is 45.7 Å². The second-order valence-corrected chi connectivity index (χ2v) is 11.4. The Bertz CT molecular complexity index is 1800. The van der Waals surface area contributed by atoms with Crippen LogP contribution in [-0.4, -0.2) is 34.6 Å². The van der Waals surface area contributed by atoms with Crippen LogP contribution in [0.1, 0.15) is 51.8 Å². The number of nitrogens with zero attached hydrogens (tertiary/aromatic N) is 3. The Balaban J connectivity index is 1.77. The highest BCUT2D eigenvalue weighted by Crippen LogP contribution is 2.33. The molecule has 4 aromatic rings. The molecule has 2 heterocycles. The smallest absolute Gasteiger partial charge is 0.271 e. The number of benzene rings is 3. The molecule has 6 nitrogen and oxygen atoms in total. The summed E-state index contributed by atoms with van der Waals surface area (Å²) in [6, 6.07) is 18.7. The summed E-state index contributed by atoms with van der Waals surface area (Å²) in [4.78, 5) is 35.1. The number of hydrogen-bond donors (Lipinski definition) is 0. The van der Waals surface area contributed by atoms with Crippen LogP contribution >= 0.6 is 22.9 Å². The highest BCUT2D eigenvalue weighted by molar-refractivity contribution is 7.07. The Morgan fingerprint density at radius 3 is 2.48 bits per heavy atom. The molecule has 0 unspecified atom stereocenters. The average molecular weight is 574 g/mol. The first-order valence-corrected chi connectivity index (χ1v) is 14.7. The van der Waals surface area contributed by atoms with E-state index in [1.165, 1.54) is 11.3 Å². The normalized spacial score (nSPS) is 15.4. The van der Waals surface area contributed by atoms with Crippen molar-refractivity contribution in [1.29, 1.82) is 0 Å². The minimum Gasteiger partial charge on any atom is -0.490 e. The van der Waals surface area contributed by atoms with Crippen LogP contribution in [0.3, 0.4) is 0 Å². The Kier molecular flexibility index (Phi) is 7.97. The number of likely N-dealkylation sites (N-methyl/N-ethyl adjacent to an activating group) is 1. The average Bonchev–Trinajstić information content (AvgIpc) is 3.24. The predicted octanol–water partition coefficient (Wildman–Crippen LogP) is 5.70. The molecule has 1 aliphatic heterocycles. The number of halogens is 1. The van der Waals surface area contributed by atoms with Gasteiger partial charge in [-0.3, -0.25) is 14.2 Å². The summed E-state index contributed by atoms with van der Waals surface area (Å²) < 4.78 is 8.33. The van der Waals surface area contributed by atoms with Gasteiger partial charge in [0, 0.05) is 23.7 Å². The van der Waals surface area contributed by atoms with E-state index in [2.05, 4.69) is 0 Å². The van der Waals surface area contributed by atoms with Crippen LogP contribution in [0.15, 0.2) is 81.7 Å². The Morgan fingerprint density at radius 2 is 1.80 bits per heavy atom. The monoisotopic (exact) mass is 573 g/mol. The summed E-state index contributed by atoms with van der Waals surface area (Å²) >= 11 is 7.53. The third-order valence-corrected chi connectivity index (χ3v) is 8.29. The number of allylic oxidation sites excluding steroid dienone is 1. The summed E-state index contributed by atoms with van der Waals surface area (Å²) in [5.74, 6) is 0.588. The maximum atomic E-state index is 14.2. The summed E-state index contributed by atoms with van der Waals surface area (Å²) in [7, 11) is 0. The van der Waals surface area contributed by atoms with E-state index in [4.69, 9.17) is 21.3 Å².